The van der Waals surface area contributed by atoms with Crippen LogP contribution in [0.2, 0.25) is 0 Å². The lowest BCUT2D eigenvalue weighted by molar-refractivity contribution is -0.385. The molecule has 18 heavy (non-hydrogen) atoms. The Morgan fingerprint density at radius 2 is 2.06 bits per heavy atom. The van der Waals surface area contributed by atoms with Crippen LogP contribution in [0.3, 0.4) is 0 Å². The third kappa shape index (κ3) is 1.90. The first kappa shape index (κ1) is 12.3. The van der Waals surface area contributed by atoms with Crippen molar-refractivity contribution in [1.82, 2.24) is 14.8 Å². The van der Waals surface area contributed by atoms with Gasteiger partial charge in [-0.3, -0.25) is 14.8 Å². The van der Waals surface area contributed by atoms with E-state index in [1.807, 2.05) is 32.9 Å². The maximum Gasteiger partial charge on any atom is 0.309 e. The van der Waals surface area contributed by atoms with E-state index >= 15 is 0 Å². The van der Waals surface area contributed by atoms with Crippen LogP contribution in [0.4, 0.5) is 5.69 Å². The fraction of sp³-hybridized carbons (Fsp3) is 0.417. The summed E-state index contributed by atoms with van der Waals surface area (Å²) in [6, 6.07) is 3.94. The molecule has 2 aromatic rings. The van der Waals surface area contributed by atoms with Gasteiger partial charge in [0, 0.05) is 11.4 Å². The van der Waals surface area contributed by atoms with Crippen LogP contribution >= 0.6 is 0 Å². The molecule has 6 heteroatoms. The molecule has 1 N–H and O–H groups in total. The summed E-state index contributed by atoms with van der Waals surface area (Å²) >= 11 is 0. The van der Waals surface area contributed by atoms with Gasteiger partial charge in [-0.05, 0) is 39.8 Å². The van der Waals surface area contributed by atoms with E-state index in [0.717, 1.165) is 11.4 Å². The van der Waals surface area contributed by atoms with E-state index in [9.17, 15) is 10.1 Å². The van der Waals surface area contributed by atoms with Gasteiger partial charge in [0.1, 0.15) is 11.9 Å². The van der Waals surface area contributed by atoms with Gasteiger partial charge in [-0.15, -0.1) is 0 Å². The Morgan fingerprint density at radius 1 is 1.39 bits per heavy atom. The Bertz CT molecular complexity index is 595. The van der Waals surface area contributed by atoms with Crippen molar-refractivity contribution in [3.63, 3.8) is 0 Å². The van der Waals surface area contributed by atoms with E-state index in [4.69, 9.17) is 0 Å². The summed E-state index contributed by atoms with van der Waals surface area (Å²) in [7, 11) is 0. The Kier molecular flexibility index (Phi) is 2.73. The third-order valence-electron chi connectivity index (χ3n) is 3.13. The second-order valence-electron chi connectivity index (χ2n) is 4.92. The van der Waals surface area contributed by atoms with Crippen molar-refractivity contribution in [3.05, 3.63) is 45.5 Å². The fourth-order valence-electron chi connectivity index (χ4n) is 1.90. The predicted octanol–water partition coefficient (Wildman–Crippen LogP) is 2.52. The van der Waals surface area contributed by atoms with E-state index in [1.165, 1.54) is 6.20 Å². The number of aryl methyl sites for hydroxylation is 2. The van der Waals surface area contributed by atoms with Crippen LogP contribution in [0.5, 0.6) is 0 Å². The zero-order valence-corrected chi connectivity index (χ0v) is 10.9. The Balaban J connectivity index is 2.47. The molecule has 0 aliphatic rings. The van der Waals surface area contributed by atoms with Crippen molar-refractivity contribution in [2.24, 2.45) is 0 Å². The minimum atomic E-state index is -0.451. The second-order valence-corrected chi connectivity index (χ2v) is 4.92. The standard InChI is InChI=1S/C12H16N4O2/c1-8-5-6-11(13-8)12(3,4)15-7-10(16(17)18)9(2)14-15/h5-7,13H,1-4H3. The maximum absolute atomic E-state index is 10.8. The van der Waals surface area contributed by atoms with Gasteiger partial charge in [-0.2, -0.15) is 5.10 Å². The molecule has 0 unspecified atom stereocenters. The number of hydrogen-bond acceptors (Lipinski definition) is 3. The summed E-state index contributed by atoms with van der Waals surface area (Å²) in [6.07, 6.45) is 1.48. The molecule has 0 aliphatic carbocycles. The van der Waals surface area contributed by atoms with Crippen molar-refractivity contribution in [2.75, 3.05) is 0 Å². The molecule has 0 amide bonds. The quantitative estimate of drug-likeness (QED) is 0.669. The molecule has 96 valence electrons. The molecule has 0 saturated heterocycles. The average molecular weight is 248 g/mol. The summed E-state index contributed by atoms with van der Waals surface area (Å²) in [6.45, 7) is 7.55. The van der Waals surface area contributed by atoms with Crippen LogP contribution in [0, 0.1) is 24.0 Å². The molecule has 0 fully saturated rings. The fourth-order valence-corrected chi connectivity index (χ4v) is 1.90. The Morgan fingerprint density at radius 3 is 2.50 bits per heavy atom. The van der Waals surface area contributed by atoms with Crippen molar-refractivity contribution in [3.8, 4) is 0 Å². The van der Waals surface area contributed by atoms with Crippen LogP contribution in [0.1, 0.15) is 30.9 Å². The largest absolute Gasteiger partial charge is 0.361 e. The molecule has 0 aliphatic heterocycles. The first-order valence-electron chi connectivity index (χ1n) is 5.69. The second kappa shape index (κ2) is 3.97. The molecule has 6 nitrogen and oxygen atoms in total. The molecule has 0 saturated carbocycles. The number of aromatic nitrogens is 3. The van der Waals surface area contributed by atoms with Crippen molar-refractivity contribution in [2.45, 2.75) is 33.2 Å². The molecule has 2 heterocycles. The highest BCUT2D eigenvalue weighted by Crippen LogP contribution is 2.27. The minimum Gasteiger partial charge on any atom is -0.361 e. The monoisotopic (exact) mass is 248 g/mol. The maximum atomic E-state index is 10.8. The predicted molar refractivity (Wildman–Crippen MR) is 67.6 cm³/mol. The first-order chi connectivity index (χ1) is 8.32. The lowest BCUT2D eigenvalue weighted by Crippen LogP contribution is -2.28. The summed E-state index contributed by atoms with van der Waals surface area (Å²) in [5.74, 6) is 0. The topological polar surface area (TPSA) is 76.8 Å². The lowest BCUT2D eigenvalue weighted by Gasteiger charge is -2.24. The number of hydrogen-bond donors (Lipinski definition) is 1. The number of nitrogens with one attached hydrogen (secondary N) is 1. The number of rotatable bonds is 3. The zero-order valence-electron chi connectivity index (χ0n) is 10.9. The SMILES string of the molecule is Cc1ccc(C(C)(C)n2cc([N+](=O)[O-])c(C)n2)[nH]1. The first-order valence-corrected chi connectivity index (χ1v) is 5.69. The van der Waals surface area contributed by atoms with Gasteiger partial charge in [0.15, 0.2) is 0 Å². The highest BCUT2D eigenvalue weighted by atomic mass is 16.6. The average Bonchev–Trinajstić information content (AvgIpc) is 2.84. The van der Waals surface area contributed by atoms with Gasteiger partial charge in [-0.1, -0.05) is 0 Å². The van der Waals surface area contributed by atoms with Crippen LogP contribution in [-0.2, 0) is 5.54 Å². The molecule has 0 bridgehead atoms. The number of nitro groups is 1. The summed E-state index contributed by atoms with van der Waals surface area (Å²) < 4.78 is 1.63. The van der Waals surface area contributed by atoms with Gasteiger partial charge in [0.25, 0.3) is 0 Å². The molecule has 0 atom stereocenters. The number of aromatic amines is 1. The molecule has 2 aromatic heterocycles. The molecule has 0 spiro atoms. The van der Waals surface area contributed by atoms with Crippen LogP contribution in [0.15, 0.2) is 18.3 Å². The highest BCUT2D eigenvalue weighted by molar-refractivity contribution is 5.33. The van der Waals surface area contributed by atoms with Crippen LogP contribution in [-0.4, -0.2) is 19.7 Å². The molecule has 0 radical (unpaired) electrons. The third-order valence-corrected chi connectivity index (χ3v) is 3.13. The molecule has 0 aromatic carbocycles. The normalized spacial score (nSPS) is 11.8. The van der Waals surface area contributed by atoms with Gasteiger partial charge in [-0.25, -0.2) is 0 Å². The van der Waals surface area contributed by atoms with Crippen LogP contribution < -0.4 is 0 Å². The van der Waals surface area contributed by atoms with Gasteiger partial charge in [0.05, 0.1) is 10.5 Å². The summed E-state index contributed by atoms with van der Waals surface area (Å²) in [4.78, 5) is 13.7. The number of nitrogens with zero attached hydrogens (tertiary/aromatic N) is 3. The van der Waals surface area contributed by atoms with E-state index < -0.39 is 10.5 Å². The van der Waals surface area contributed by atoms with Crippen molar-refractivity contribution < 1.29 is 4.92 Å². The van der Waals surface area contributed by atoms with E-state index in [2.05, 4.69) is 10.1 Å². The van der Waals surface area contributed by atoms with E-state index in [1.54, 1.807) is 11.6 Å². The number of H-pyrrole nitrogens is 1. The van der Waals surface area contributed by atoms with Gasteiger partial charge in [0.2, 0.25) is 0 Å². The molecular weight excluding hydrogens is 232 g/mol. The smallest absolute Gasteiger partial charge is 0.309 e. The zero-order chi connectivity index (χ0) is 13.5. The summed E-state index contributed by atoms with van der Waals surface area (Å²) in [5, 5.41) is 15.1. The van der Waals surface area contributed by atoms with E-state index in [0.29, 0.717) is 5.69 Å². The summed E-state index contributed by atoms with van der Waals surface area (Å²) in [5.41, 5.74) is 2.05. The Labute approximate surface area is 105 Å². The molecular formula is C12H16N4O2. The van der Waals surface area contributed by atoms with E-state index in [-0.39, 0.29) is 5.69 Å². The van der Waals surface area contributed by atoms with Crippen LogP contribution in [0.25, 0.3) is 0 Å². The molecule has 2 rings (SSSR count). The highest BCUT2D eigenvalue weighted by Gasteiger charge is 2.28. The van der Waals surface area contributed by atoms with Gasteiger partial charge < -0.3 is 4.98 Å². The minimum absolute atomic E-state index is 0.0475. The lowest BCUT2D eigenvalue weighted by atomic mass is 10.0. The Hall–Kier alpha value is -2.11. The van der Waals surface area contributed by atoms with Crippen molar-refractivity contribution >= 4 is 5.69 Å². The van der Waals surface area contributed by atoms with Crippen molar-refractivity contribution in [1.29, 1.82) is 0 Å². The van der Waals surface area contributed by atoms with Gasteiger partial charge >= 0.3 is 5.69 Å².